The van der Waals surface area contributed by atoms with Gasteiger partial charge in [-0.05, 0) is 36.1 Å². The molecular formula is C17H25N3O3S. The summed E-state index contributed by atoms with van der Waals surface area (Å²) in [6.07, 6.45) is 7.71. The second-order valence-corrected chi connectivity index (χ2v) is 7.63. The monoisotopic (exact) mass is 351 g/mol. The normalized spacial score (nSPS) is 11.6. The molecule has 0 atom stereocenters. The highest BCUT2D eigenvalue weighted by molar-refractivity contribution is 7.88. The standard InChI is InChI=1S/C17H25N3O3S/c1-3-10-20-14-16(13-18-20)12-15-5-7-17(8-6-15)23-11-4-9-19-24(2,21)22/h5-8,13-14,19H,3-4,9-12H2,1-2H3. The number of hydrogen-bond donors (Lipinski definition) is 1. The molecule has 0 saturated heterocycles. The number of ether oxygens (including phenoxy) is 1. The fourth-order valence-electron chi connectivity index (χ4n) is 2.31. The van der Waals surface area contributed by atoms with Crippen LogP contribution in [0, 0.1) is 0 Å². The Morgan fingerprint density at radius 3 is 2.62 bits per heavy atom. The van der Waals surface area contributed by atoms with Crippen LogP contribution < -0.4 is 9.46 Å². The zero-order valence-corrected chi connectivity index (χ0v) is 15.1. The highest BCUT2D eigenvalue weighted by Crippen LogP contribution is 2.15. The van der Waals surface area contributed by atoms with Gasteiger partial charge in [-0.3, -0.25) is 4.68 Å². The average Bonchev–Trinajstić information content (AvgIpc) is 2.95. The maximum absolute atomic E-state index is 10.9. The molecule has 7 heteroatoms. The second kappa shape index (κ2) is 8.84. The summed E-state index contributed by atoms with van der Waals surface area (Å²) in [4.78, 5) is 0. The van der Waals surface area contributed by atoms with Crippen LogP contribution in [0.5, 0.6) is 5.75 Å². The van der Waals surface area contributed by atoms with Gasteiger partial charge in [0.15, 0.2) is 0 Å². The van der Waals surface area contributed by atoms with Crippen LogP contribution in [-0.4, -0.2) is 37.6 Å². The van der Waals surface area contributed by atoms with Crippen molar-refractivity contribution in [1.29, 1.82) is 0 Å². The Labute approximate surface area is 143 Å². The lowest BCUT2D eigenvalue weighted by molar-refractivity contribution is 0.311. The van der Waals surface area contributed by atoms with Crippen LogP contribution in [-0.2, 0) is 23.0 Å². The number of hydrogen-bond acceptors (Lipinski definition) is 4. The number of aryl methyl sites for hydroxylation is 1. The van der Waals surface area contributed by atoms with Crippen molar-refractivity contribution in [3.05, 3.63) is 47.8 Å². The van der Waals surface area contributed by atoms with Gasteiger partial charge >= 0.3 is 0 Å². The van der Waals surface area contributed by atoms with Crippen molar-refractivity contribution in [3.8, 4) is 5.75 Å². The lowest BCUT2D eigenvalue weighted by Crippen LogP contribution is -2.24. The molecule has 6 nitrogen and oxygen atoms in total. The van der Waals surface area contributed by atoms with E-state index in [1.165, 1.54) is 11.1 Å². The van der Waals surface area contributed by atoms with E-state index in [9.17, 15) is 8.42 Å². The number of sulfonamides is 1. The third-order valence-corrected chi connectivity index (χ3v) is 4.15. The smallest absolute Gasteiger partial charge is 0.208 e. The molecule has 2 rings (SSSR count). The van der Waals surface area contributed by atoms with Crippen LogP contribution in [0.15, 0.2) is 36.7 Å². The summed E-state index contributed by atoms with van der Waals surface area (Å²) in [5, 5.41) is 4.34. The number of nitrogens with one attached hydrogen (secondary N) is 1. The first-order valence-electron chi connectivity index (χ1n) is 8.14. The van der Waals surface area contributed by atoms with Gasteiger partial charge in [0.05, 0.1) is 19.1 Å². The number of benzene rings is 1. The average molecular weight is 351 g/mol. The number of nitrogens with zero attached hydrogens (tertiary/aromatic N) is 2. The third-order valence-electron chi connectivity index (χ3n) is 3.43. The highest BCUT2D eigenvalue weighted by Gasteiger charge is 2.02. The molecule has 0 saturated carbocycles. The van der Waals surface area contributed by atoms with Gasteiger partial charge in [0.2, 0.25) is 10.0 Å². The van der Waals surface area contributed by atoms with Crippen LogP contribution in [0.2, 0.25) is 0 Å². The quantitative estimate of drug-likeness (QED) is 0.666. The van der Waals surface area contributed by atoms with E-state index in [2.05, 4.69) is 22.9 Å². The van der Waals surface area contributed by atoms with Crippen molar-refractivity contribution >= 4 is 10.0 Å². The molecule has 0 aliphatic heterocycles. The molecule has 1 N–H and O–H groups in total. The van der Waals surface area contributed by atoms with E-state index in [4.69, 9.17) is 4.74 Å². The van der Waals surface area contributed by atoms with Gasteiger partial charge in [-0.1, -0.05) is 19.1 Å². The Kier molecular flexibility index (Phi) is 6.81. The summed E-state index contributed by atoms with van der Waals surface area (Å²) in [5.74, 6) is 0.791. The van der Waals surface area contributed by atoms with Crippen molar-refractivity contribution in [2.45, 2.75) is 32.7 Å². The van der Waals surface area contributed by atoms with Gasteiger partial charge in [-0.25, -0.2) is 13.1 Å². The Hall–Kier alpha value is -1.86. The maximum atomic E-state index is 10.9. The number of rotatable bonds is 10. The molecule has 0 bridgehead atoms. The van der Waals surface area contributed by atoms with Gasteiger partial charge in [-0.15, -0.1) is 0 Å². The predicted molar refractivity (Wildman–Crippen MR) is 94.7 cm³/mol. The van der Waals surface area contributed by atoms with Gasteiger partial charge in [0.25, 0.3) is 0 Å². The molecule has 1 heterocycles. The maximum Gasteiger partial charge on any atom is 0.208 e. The summed E-state index contributed by atoms with van der Waals surface area (Å²) in [6.45, 7) is 3.95. The zero-order chi connectivity index (χ0) is 17.4. The topological polar surface area (TPSA) is 73.2 Å². The van der Waals surface area contributed by atoms with E-state index >= 15 is 0 Å². The molecule has 24 heavy (non-hydrogen) atoms. The Balaban J connectivity index is 1.75. The molecule has 0 amide bonds. The van der Waals surface area contributed by atoms with Gasteiger partial charge in [0, 0.05) is 25.7 Å². The first-order chi connectivity index (χ1) is 11.5. The summed E-state index contributed by atoms with van der Waals surface area (Å²) < 4.78 is 31.9. The molecule has 0 aliphatic rings. The Morgan fingerprint density at radius 2 is 1.96 bits per heavy atom. The van der Waals surface area contributed by atoms with Crippen molar-refractivity contribution in [2.75, 3.05) is 19.4 Å². The molecule has 0 aliphatic carbocycles. The summed E-state index contributed by atoms with van der Waals surface area (Å²) >= 11 is 0. The minimum atomic E-state index is -3.12. The van der Waals surface area contributed by atoms with Crippen LogP contribution >= 0.6 is 0 Å². The number of aromatic nitrogens is 2. The highest BCUT2D eigenvalue weighted by atomic mass is 32.2. The van der Waals surface area contributed by atoms with Gasteiger partial charge in [0.1, 0.15) is 5.75 Å². The minimum absolute atomic E-state index is 0.388. The van der Waals surface area contributed by atoms with Crippen LogP contribution in [0.4, 0.5) is 0 Å². The van der Waals surface area contributed by atoms with E-state index in [1.54, 1.807) is 0 Å². The molecular weight excluding hydrogens is 326 g/mol. The lowest BCUT2D eigenvalue weighted by Gasteiger charge is -2.07. The third kappa shape index (κ3) is 6.72. The SMILES string of the molecule is CCCn1cc(Cc2ccc(OCCCNS(C)(=O)=O)cc2)cn1. The minimum Gasteiger partial charge on any atom is -0.494 e. The zero-order valence-electron chi connectivity index (χ0n) is 14.2. The van der Waals surface area contributed by atoms with Crippen molar-refractivity contribution in [2.24, 2.45) is 0 Å². The molecule has 1 aromatic heterocycles. The lowest BCUT2D eigenvalue weighted by atomic mass is 10.1. The summed E-state index contributed by atoms with van der Waals surface area (Å²) in [6, 6.07) is 7.97. The Bertz CT molecular complexity index is 724. The first kappa shape index (κ1) is 18.5. The van der Waals surface area contributed by atoms with Crippen molar-refractivity contribution in [1.82, 2.24) is 14.5 Å². The van der Waals surface area contributed by atoms with E-state index in [1.807, 2.05) is 35.1 Å². The van der Waals surface area contributed by atoms with Gasteiger partial charge < -0.3 is 4.74 Å². The second-order valence-electron chi connectivity index (χ2n) is 5.80. The van der Waals surface area contributed by atoms with Crippen molar-refractivity contribution < 1.29 is 13.2 Å². The van der Waals surface area contributed by atoms with E-state index in [-0.39, 0.29) is 0 Å². The van der Waals surface area contributed by atoms with Crippen molar-refractivity contribution in [3.63, 3.8) is 0 Å². The van der Waals surface area contributed by atoms with Crippen LogP contribution in [0.25, 0.3) is 0 Å². The van der Waals surface area contributed by atoms with E-state index in [0.717, 1.165) is 31.4 Å². The fourth-order valence-corrected chi connectivity index (χ4v) is 2.82. The molecule has 0 spiro atoms. The molecule has 2 aromatic rings. The first-order valence-corrected chi connectivity index (χ1v) is 10.0. The molecule has 1 aromatic carbocycles. The van der Waals surface area contributed by atoms with Gasteiger partial charge in [-0.2, -0.15) is 5.10 Å². The molecule has 0 unspecified atom stereocenters. The predicted octanol–water partition coefficient (Wildman–Crippen LogP) is 2.20. The van der Waals surface area contributed by atoms with Crippen LogP contribution in [0.3, 0.4) is 0 Å². The Morgan fingerprint density at radius 1 is 1.21 bits per heavy atom. The molecule has 132 valence electrons. The largest absolute Gasteiger partial charge is 0.494 e. The van der Waals surface area contributed by atoms with E-state index < -0.39 is 10.0 Å². The van der Waals surface area contributed by atoms with E-state index in [0.29, 0.717) is 19.6 Å². The van der Waals surface area contributed by atoms with Crippen LogP contribution in [0.1, 0.15) is 30.9 Å². The summed E-state index contributed by atoms with van der Waals surface area (Å²) in [7, 11) is -3.12. The molecule has 0 radical (unpaired) electrons. The molecule has 0 fully saturated rings. The fraction of sp³-hybridized carbons (Fsp3) is 0.471. The summed E-state index contributed by atoms with van der Waals surface area (Å²) in [5.41, 5.74) is 2.40.